The first-order chi connectivity index (χ1) is 10.3. The van der Waals surface area contributed by atoms with Gasteiger partial charge in [-0.2, -0.15) is 0 Å². The van der Waals surface area contributed by atoms with E-state index in [0.717, 1.165) is 45.7 Å². The molecular weight excluding hydrogens is 262 g/mol. The lowest BCUT2D eigenvalue weighted by Gasteiger charge is -2.35. The van der Waals surface area contributed by atoms with Crippen molar-refractivity contribution in [2.45, 2.75) is 12.3 Å². The van der Waals surface area contributed by atoms with Crippen LogP contribution in [0.1, 0.15) is 17.9 Å². The molecule has 1 saturated heterocycles. The highest BCUT2D eigenvalue weighted by Gasteiger charge is 2.45. The number of amides is 1. The van der Waals surface area contributed by atoms with Gasteiger partial charge in [0.1, 0.15) is 0 Å². The van der Waals surface area contributed by atoms with Crippen molar-refractivity contribution in [1.29, 1.82) is 0 Å². The van der Waals surface area contributed by atoms with Gasteiger partial charge in [0, 0.05) is 45.2 Å². The number of nitrogens with one attached hydrogen (secondary N) is 1. The molecule has 1 saturated carbocycles. The van der Waals surface area contributed by atoms with Crippen LogP contribution in [-0.4, -0.2) is 62.0 Å². The maximum absolute atomic E-state index is 12.6. The van der Waals surface area contributed by atoms with Crippen molar-refractivity contribution < 1.29 is 4.79 Å². The van der Waals surface area contributed by atoms with Crippen molar-refractivity contribution in [2.24, 2.45) is 5.92 Å². The molecule has 1 aromatic rings. The van der Waals surface area contributed by atoms with E-state index in [1.54, 1.807) is 0 Å². The zero-order chi connectivity index (χ0) is 14.7. The first-order valence-electron chi connectivity index (χ1n) is 8.00. The molecule has 4 nitrogen and oxygen atoms in total. The number of hydrogen-bond acceptors (Lipinski definition) is 3. The van der Waals surface area contributed by atoms with E-state index in [1.165, 1.54) is 5.56 Å². The summed E-state index contributed by atoms with van der Waals surface area (Å²) in [6.07, 6.45) is 1.03. The van der Waals surface area contributed by atoms with E-state index >= 15 is 0 Å². The Labute approximate surface area is 127 Å². The normalized spacial score (nSPS) is 25.9. The molecule has 1 heterocycles. The molecule has 0 bridgehead atoms. The molecule has 1 N–H and O–H groups in total. The van der Waals surface area contributed by atoms with E-state index in [9.17, 15) is 4.79 Å². The molecule has 0 radical (unpaired) electrons. The number of hydrogen-bond donors (Lipinski definition) is 1. The molecule has 2 aliphatic rings. The van der Waals surface area contributed by atoms with Gasteiger partial charge in [0.05, 0.1) is 0 Å². The van der Waals surface area contributed by atoms with Crippen LogP contribution < -0.4 is 5.32 Å². The van der Waals surface area contributed by atoms with Crippen LogP contribution in [0.25, 0.3) is 0 Å². The van der Waals surface area contributed by atoms with Gasteiger partial charge in [0.15, 0.2) is 0 Å². The van der Waals surface area contributed by atoms with Gasteiger partial charge in [-0.05, 0) is 24.9 Å². The van der Waals surface area contributed by atoms with E-state index in [1.807, 2.05) is 13.1 Å². The van der Waals surface area contributed by atoms with E-state index in [2.05, 4.69) is 39.4 Å². The zero-order valence-corrected chi connectivity index (χ0v) is 12.8. The van der Waals surface area contributed by atoms with Crippen LogP contribution in [0.3, 0.4) is 0 Å². The third-order valence-corrected chi connectivity index (χ3v) is 4.70. The lowest BCUT2D eigenvalue weighted by molar-refractivity contribution is -0.134. The van der Waals surface area contributed by atoms with E-state index < -0.39 is 0 Å². The molecule has 2 atom stereocenters. The minimum Gasteiger partial charge on any atom is -0.340 e. The van der Waals surface area contributed by atoms with Crippen molar-refractivity contribution in [2.75, 3.05) is 46.3 Å². The Balaban J connectivity index is 1.48. The lowest BCUT2D eigenvalue weighted by atomic mass is 10.1. The van der Waals surface area contributed by atoms with Crippen molar-refractivity contribution in [3.8, 4) is 0 Å². The summed E-state index contributed by atoms with van der Waals surface area (Å²) in [5.74, 6) is 1.06. The monoisotopic (exact) mass is 287 g/mol. The quantitative estimate of drug-likeness (QED) is 0.882. The van der Waals surface area contributed by atoms with Crippen LogP contribution in [0.5, 0.6) is 0 Å². The molecule has 3 rings (SSSR count). The maximum atomic E-state index is 12.6. The van der Waals surface area contributed by atoms with Gasteiger partial charge in [-0.1, -0.05) is 30.3 Å². The van der Waals surface area contributed by atoms with Gasteiger partial charge < -0.3 is 10.2 Å². The largest absolute Gasteiger partial charge is 0.340 e. The first-order valence-corrected chi connectivity index (χ1v) is 8.00. The Morgan fingerprint density at radius 3 is 2.57 bits per heavy atom. The summed E-state index contributed by atoms with van der Waals surface area (Å²) in [6, 6.07) is 10.5. The van der Waals surface area contributed by atoms with Gasteiger partial charge in [0.2, 0.25) is 5.91 Å². The van der Waals surface area contributed by atoms with Crippen LogP contribution in [0.2, 0.25) is 0 Å². The number of piperazine rings is 1. The Morgan fingerprint density at radius 2 is 1.90 bits per heavy atom. The highest BCUT2D eigenvalue weighted by molar-refractivity contribution is 5.83. The molecule has 1 aliphatic carbocycles. The second-order valence-corrected chi connectivity index (χ2v) is 6.13. The second kappa shape index (κ2) is 6.58. The van der Waals surface area contributed by atoms with Crippen molar-refractivity contribution in [1.82, 2.24) is 15.1 Å². The van der Waals surface area contributed by atoms with Crippen LogP contribution in [0.15, 0.2) is 30.3 Å². The van der Waals surface area contributed by atoms with Crippen molar-refractivity contribution in [3.63, 3.8) is 0 Å². The Morgan fingerprint density at radius 1 is 1.19 bits per heavy atom. The number of benzene rings is 1. The number of likely N-dealkylation sites (N-methyl/N-ethyl adjacent to an activating group) is 1. The summed E-state index contributed by atoms with van der Waals surface area (Å²) in [6.45, 7) is 5.90. The van der Waals surface area contributed by atoms with Gasteiger partial charge >= 0.3 is 0 Å². The van der Waals surface area contributed by atoms with Crippen LogP contribution in [0, 0.1) is 5.92 Å². The fourth-order valence-corrected chi connectivity index (χ4v) is 3.23. The summed E-state index contributed by atoms with van der Waals surface area (Å²) in [5.41, 5.74) is 1.32. The Kier molecular flexibility index (Phi) is 4.56. The number of rotatable bonds is 5. The Hall–Kier alpha value is -1.39. The highest BCUT2D eigenvalue weighted by atomic mass is 16.2. The van der Waals surface area contributed by atoms with Crippen molar-refractivity contribution in [3.05, 3.63) is 35.9 Å². The minimum atomic E-state index is 0.233. The topological polar surface area (TPSA) is 35.6 Å². The molecule has 1 amide bonds. The first kappa shape index (κ1) is 14.5. The van der Waals surface area contributed by atoms with Crippen LogP contribution in [-0.2, 0) is 4.79 Å². The fourth-order valence-electron chi connectivity index (χ4n) is 3.23. The van der Waals surface area contributed by atoms with E-state index in [0.29, 0.717) is 11.8 Å². The van der Waals surface area contributed by atoms with E-state index in [-0.39, 0.29) is 5.92 Å². The SMILES string of the molecule is CNCCN1CCN(C(=O)[C@@H]2C[C@H]2c2ccccc2)CC1. The Bertz CT molecular complexity index is 468. The van der Waals surface area contributed by atoms with Gasteiger partial charge in [0.25, 0.3) is 0 Å². The minimum absolute atomic E-state index is 0.233. The number of carbonyl (C=O) groups excluding carboxylic acids is 1. The molecule has 114 valence electrons. The maximum Gasteiger partial charge on any atom is 0.226 e. The molecular formula is C17H25N3O. The predicted octanol–water partition coefficient (Wildman–Crippen LogP) is 1.15. The molecule has 21 heavy (non-hydrogen) atoms. The third-order valence-electron chi connectivity index (χ3n) is 4.70. The smallest absolute Gasteiger partial charge is 0.226 e. The molecule has 1 aromatic carbocycles. The molecule has 4 heteroatoms. The van der Waals surface area contributed by atoms with Crippen molar-refractivity contribution >= 4 is 5.91 Å². The van der Waals surface area contributed by atoms with Gasteiger partial charge in [-0.25, -0.2) is 0 Å². The predicted molar refractivity (Wildman–Crippen MR) is 84.2 cm³/mol. The summed E-state index contributed by atoms with van der Waals surface area (Å²) in [7, 11) is 1.98. The standard InChI is InChI=1S/C17H25N3O/c1-18-7-8-19-9-11-20(12-10-19)17(21)16-13-15(16)14-5-3-2-4-6-14/h2-6,15-16,18H,7-13H2,1H3/t15-,16+/m0/s1. The molecule has 0 aromatic heterocycles. The molecule has 2 fully saturated rings. The average Bonchev–Trinajstić information content (AvgIpc) is 3.34. The lowest BCUT2D eigenvalue weighted by Crippen LogP contribution is -2.50. The number of nitrogens with zero attached hydrogens (tertiary/aromatic N) is 2. The average molecular weight is 287 g/mol. The summed E-state index contributed by atoms with van der Waals surface area (Å²) >= 11 is 0. The summed E-state index contributed by atoms with van der Waals surface area (Å²) in [4.78, 5) is 17.1. The van der Waals surface area contributed by atoms with Gasteiger partial charge in [-0.15, -0.1) is 0 Å². The molecule has 1 aliphatic heterocycles. The third kappa shape index (κ3) is 3.44. The van der Waals surface area contributed by atoms with Crippen LogP contribution >= 0.6 is 0 Å². The zero-order valence-electron chi connectivity index (χ0n) is 12.8. The second-order valence-electron chi connectivity index (χ2n) is 6.13. The summed E-state index contributed by atoms with van der Waals surface area (Å²) in [5, 5.41) is 3.18. The number of carbonyl (C=O) groups is 1. The van der Waals surface area contributed by atoms with E-state index in [4.69, 9.17) is 0 Å². The fraction of sp³-hybridized carbons (Fsp3) is 0.588. The van der Waals surface area contributed by atoms with Gasteiger partial charge in [-0.3, -0.25) is 9.69 Å². The van der Waals surface area contributed by atoms with Crippen LogP contribution in [0.4, 0.5) is 0 Å². The summed E-state index contributed by atoms with van der Waals surface area (Å²) < 4.78 is 0. The molecule has 0 unspecified atom stereocenters. The highest BCUT2D eigenvalue weighted by Crippen LogP contribution is 2.48. The molecule has 0 spiro atoms.